The molecule has 3 aromatic heterocycles. The summed E-state index contributed by atoms with van der Waals surface area (Å²) >= 11 is 1.38. The standard InChI is InChI=1S/C18H16N6O2S/c1-12(16-20-15(23-26-16)14-8-5-9-19-10-14)27-18-22-21-17(25)24(18)11-13-6-3-2-4-7-13/h2-10,12H,11H2,1H3,(H,21,25)/t12-/m0/s1. The van der Waals surface area contributed by atoms with Crippen LogP contribution in [0, 0.1) is 0 Å². The lowest BCUT2D eigenvalue weighted by Crippen LogP contribution is -2.18. The smallest absolute Gasteiger partial charge is 0.338 e. The molecule has 136 valence electrons. The summed E-state index contributed by atoms with van der Waals surface area (Å²) in [5.74, 6) is 0.940. The van der Waals surface area contributed by atoms with Crippen molar-refractivity contribution in [1.29, 1.82) is 0 Å². The fourth-order valence-corrected chi connectivity index (χ4v) is 3.41. The maximum Gasteiger partial charge on any atom is 0.344 e. The van der Waals surface area contributed by atoms with Crippen LogP contribution in [0.1, 0.15) is 23.6 Å². The second-order valence-electron chi connectivity index (χ2n) is 5.84. The van der Waals surface area contributed by atoms with E-state index >= 15 is 0 Å². The van der Waals surface area contributed by atoms with Crippen LogP contribution in [-0.2, 0) is 6.54 Å². The Balaban J connectivity index is 1.53. The van der Waals surface area contributed by atoms with Crippen LogP contribution in [0.15, 0.2) is 69.3 Å². The first kappa shape index (κ1) is 17.2. The van der Waals surface area contributed by atoms with Gasteiger partial charge in [-0.1, -0.05) is 47.3 Å². The van der Waals surface area contributed by atoms with Crippen LogP contribution in [0.2, 0.25) is 0 Å². The van der Waals surface area contributed by atoms with E-state index in [9.17, 15) is 4.79 Å². The fourth-order valence-electron chi connectivity index (χ4n) is 2.52. The number of pyridine rings is 1. The lowest BCUT2D eigenvalue weighted by molar-refractivity contribution is 0.380. The van der Waals surface area contributed by atoms with Crippen LogP contribution >= 0.6 is 11.8 Å². The Kier molecular flexibility index (Phi) is 4.84. The summed E-state index contributed by atoms with van der Waals surface area (Å²) in [6.07, 6.45) is 3.37. The fraction of sp³-hybridized carbons (Fsp3) is 0.167. The third-order valence-corrected chi connectivity index (χ3v) is 4.98. The first-order chi connectivity index (χ1) is 13.2. The molecule has 3 heterocycles. The normalized spacial score (nSPS) is 12.2. The Morgan fingerprint density at radius 1 is 1.22 bits per heavy atom. The van der Waals surface area contributed by atoms with Gasteiger partial charge in [-0.3, -0.25) is 9.55 Å². The number of hydrogen-bond acceptors (Lipinski definition) is 7. The van der Waals surface area contributed by atoms with Crippen molar-refractivity contribution < 1.29 is 4.52 Å². The molecular weight excluding hydrogens is 364 g/mol. The van der Waals surface area contributed by atoms with Crippen molar-refractivity contribution in [3.63, 3.8) is 0 Å². The van der Waals surface area contributed by atoms with E-state index in [1.807, 2.05) is 49.4 Å². The van der Waals surface area contributed by atoms with Gasteiger partial charge >= 0.3 is 5.69 Å². The van der Waals surface area contributed by atoms with Gasteiger partial charge in [0.15, 0.2) is 5.16 Å². The van der Waals surface area contributed by atoms with E-state index in [4.69, 9.17) is 4.52 Å². The number of aromatic nitrogens is 6. The first-order valence-corrected chi connectivity index (χ1v) is 9.18. The van der Waals surface area contributed by atoms with Crippen molar-refractivity contribution in [3.8, 4) is 11.4 Å². The molecule has 1 N–H and O–H groups in total. The minimum Gasteiger partial charge on any atom is -0.338 e. The number of hydrogen-bond donors (Lipinski definition) is 1. The van der Waals surface area contributed by atoms with Gasteiger partial charge in [0.05, 0.1) is 11.8 Å². The van der Waals surface area contributed by atoms with Crippen molar-refractivity contribution in [3.05, 3.63) is 76.8 Å². The average molecular weight is 380 g/mol. The highest BCUT2D eigenvalue weighted by Gasteiger charge is 2.20. The molecule has 27 heavy (non-hydrogen) atoms. The number of rotatable bonds is 6. The molecule has 0 aliphatic carbocycles. The highest BCUT2D eigenvalue weighted by molar-refractivity contribution is 7.99. The van der Waals surface area contributed by atoms with Gasteiger partial charge in [0.2, 0.25) is 11.7 Å². The monoisotopic (exact) mass is 380 g/mol. The van der Waals surface area contributed by atoms with Gasteiger partial charge in [-0.05, 0) is 24.6 Å². The number of thioether (sulfide) groups is 1. The maximum absolute atomic E-state index is 12.1. The molecule has 4 aromatic rings. The van der Waals surface area contributed by atoms with Crippen LogP contribution < -0.4 is 5.69 Å². The Labute approximate surface area is 158 Å². The van der Waals surface area contributed by atoms with Crippen LogP contribution in [0.3, 0.4) is 0 Å². The largest absolute Gasteiger partial charge is 0.344 e. The summed E-state index contributed by atoms with van der Waals surface area (Å²) < 4.78 is 6.98. The molecule has 0 saturated carbocycles. The number of nitrogens with one attached hydrogen (secondary N) is 1. The van der Waals surface area contributed by atoms with Gasteiger partial charge in [0.25, 0.3) is 0 Å². The molecule has 0 amide bonds. The van der Waals surface area contributed by atoms with Crippen LogP contribution in [0.25, 0.3) is 11.4 Å². The van der Waals surface area contributed by atoms with E-state index in [2.05, 4.69) is 25.3 Å². The van der Waals surface area contributed by atoms with E-state index in [1.165, 1.54) is 11.8 Å². The van der Waals surface area contributed by atoms with E-state index in [0.717, 1.165) is 11.1 Å². The number of nitrogens with zero attached hydrogens (tertiary/aromatic N) is 5. The quantitative estimate of drug-likeness (QED) is 0.513. The second-order valence-corrected chi connectivity index (χ2v) is 7.15. The Bertz CT molecular complexity index is 1070. The van der Waals surface area contributed by atoms with Crippen molar-refractivity contribution in [1.82, 2.24) is 29.9 Å². The maximum atomic E-state index is 12.1. The molecule has 1 atom stereocenters. The molecular formula is C18H16N6O2S. The van der Waals surface area contributed by atoms with Gasteiger partial charge in [-0.15, -0.1) is 5.10 Å². The first-order valence-electron chi connectivity index (χ1n) is 8.30. The molecule has 0 spiro atoms. The average Bonchev–Trinajstić information content (AvgIpc) is 3.32. The zero-order chi connectivity index (χ0) is 18.6. The molecule has 0 aliphatic rings. The predicted molar refractivity (Wildman–Crippen MR) is 100 cm³/mol. The molecule has 0 bridgehead atoms. The molecule has 0 saturated heterocycles. The van der Waals surface area contributed by atoms with Gasteiger partial charge in [-0.25, -0.2) is 9.89 Å². The lowest BCUT2D eigenvalue weighted by Gasteiger charge is -2.08. The molecule has 9 heteroatoms. The van der Waals surface area contributed by atoms with Crippen molar-refractivity contribution in [2.75, 3.05) is 0 Å². The second kappa shape index (κ2) is 7.58. The van der Waals surface area contributed by atoms with Crippen LogP contribution in [0.4, 0.5) is 0 Å². The van der Waals surface area contributed by atoms with Crippen molar-refractivity contribution in [2.24, 2.45) is 0 Å². The van der Waals surface area contributed by atoms with Gasteiger partial charge < -0.3 is 4.52 Å². The third kappa shape index (κ3) is 3.82. The molecule has 0 radical (unpaired) electrons. The number of benzene rings is 1. The van der Waals surface area contributed by atoms with Gasteiger partial charge in [0, 0.05) is 18.0 Å². The molecule has 4 rings (SSSR count). The van der Waals surface area contributed by atoms with Gasteiger partial charge in [0.1, 0.15) is 0 Å². The van der Waals surface area contributed by atoms with E-state index < -0.39 is 0 Å². The Morgan fingerprint density at radius 3 is 2.85 bits per heavy atom. The topological polar surface area (TPSA) is 102 Å². The number of H-pyrrole nitrogens is 1. The summed E-state index contributed by atoms with van der Waals surface area (Å²) in [7, 11) is 0. The SMILES string of the molecule is C[C@H](Sc1n[nH]c(=O)n1Cc1ccccc1)c1nc(-c2cccnc2)no1. The highest BCUT2D eigenvalue weighted by atomic mass is 32.2. The van der Waals surface area contributed by atoms with Crippen LogP contribution in [0.5, 0.6) is 0 Å². The molecule has 0 aliphatic heterocycles. The van der Waals surface area contributed by atoms with E-state index in [-0.39, 0.29) is 10.9 Å². The summed E-state index contributed by atoms with van der Waals surface area (Å²) in [5.41, 5.74) is 1.55. The summed E-state index contributed by atoms with van der Waals surface area (Å²) in [6.45, 7) is 2.37. The zero-order valence-corrected chi connectivity index (χ0v) is 15.3. The lowest BCUT2D eigenvalue weighted by atomic mass is 10.2. The molecule has 8 nitrogen and oxygen atoms in total. The summed E-state index contributed by atoms with van der Waals surface area (Å²) in [6, 6.07) is 13.4. The number of aromatic amines is 1. The summed E-state index contributed by atoms with van der Waals surface area (Å²) in [4.78, 5) is 20.6. The zero-order valence-electron chi connectivity index (χ0n) is 14.4. The molecule has 1 aromatic carbocycles. The third-order valence-electron chi connectivity index (χ3n) is 3.90. The predicted octanol–water partition coefficient (Wildman–Crippen LogP) is 2.92. The molecule has 0 fully saturated rings. The minimum atomic E-state index is -0.255. The van der Waals surface area contributed by atoms with Crippen molar-refractivity contribution >= 4 is 11.8 Å². The summed E-state index contributed by atoms with van der Waals surface area (Å²) in [5, 5.41) is 11.0. The minimum absolute atomic E-state index is 0.173. The van der Waals surface area contributed by atoms with Gasteiger partial charge in [-0.2, -0.15) is 4.98 Å². The highest BCUT2D eigenvalue weighted by Crippen LogP contribution is 2.33. The van der Waals surface area contributed by atoms with Crippen molar-refractivity contribution in [2.45, 2.75) is 23.9 Å². The van der Waals surface area contributed by atoms with E-state index in [1.54, 1.807) is 17.0 Å². The van der Waals surface area contributed by atoms with Crippen LogP contribution in [-0.4, -0.2) is 29.9 Å². The Hall–Kier alpha value is -3.20. The van der Waals surface area contributed by atoms with E-state index in [0.29, 0.717) is 23.4 Å². The Morgan fingerprint density at radius 2 is 2.07 bits per heavy atom. The molecule has 0 unspecified atom stereocenters.